The highest BCUT2D eigenvalue weighted by molar-refractivity contribution is 6.33. The van der Waals surface area contributed by atoms with Crippen LogP contribution in [0.4, 0.5) is 10.2 Å². The number of para-hydroxylation sites is 1. The summed E-state index contributed by atoms with van der Waals surface area (Å²) < 4.78 is 17.1. The van der Waals surface area contributed by atoms with Crippen LogP contribution < -0.4 is 5.32 Å². The van der Waals surface area contributed by atoms with E-state index < -0.39 is 0 Å². The zero-order valence-electron chi connectivity index (χ0n) is 21.0. The van der Waals surface area contributed by atoms with Crippen molar-refractivity contribution in [1.82, 2.24) is 19.6 Å². The van der Waals surface area contributed by atoms with Crippen LogP contribution in [0, 0.1) is 23.6 Å². The Morgan fingerprint density at radius 1 is 0.974 bits per heavy atom. The molecular weight excluding hydrogens is 501 g/mol. The van der Waals surface area contributed by atoms with Crippen LogP contribution in [-0.4, -0.2) is 25.5 Å². The van der Waals surface area contributed by atoms with Crippen LogP contribution >= 0.6 is 11.6 Å². The molecule has 194 valence electrons. The fraction of sp³-hybridized carbons (Fsp3) is 0.367. The molecule has 8 rings (SSSR count). The van der Waals surface area contributed by atoms with E-state index in [1.165, 1.54) is 31.4 Å². The van der Waals surface area contributed by atoms with E-state index in [1.807, 2.05) is 47.3 Å². The van der Waals surface area contributed by atoms with Crippen LogP contribution in [0.15, 0.2) is 67.0 Å². The maximum Gasteiger partial charge on any atom is 0.260 e. The van der Waals surface area contributed by atoms with Gasteiger partial charge in [-0.1, -0.05) is 41.9 Å². The van der Waals surface area contributed by atoms with Crippen molar-refractivity contribution in [3.63, 3.8) is 0 Å². The molecule has 0 radical (unpaired) electrons. The fourth-order valence-corrected chi connectivity index (χ4v) is 7.80. The van der Waals surface area contributed by atoms with Gasteiger partial charge in [0.2, 0.25) is 0 Å². The number of aromatic nitrogens is 4. The largest absolute Gasteiger partial charge is 0.304 e. The fourth-order valence-electron chi connectivity index (χ4n) is 7.61. The first-order valence-electron chi connectivity index (χ1n) is 13.4. The summed E-state index contributed by atoms with van der Waals surface area (Å²) in [6.07, 6.45) is 10.8. The van der Waals surface area contributed by atoms with Crippen LogP contribution in [0.5, 0.6) is 0 Å². The molecule has 4 bridgehead atoms. The molecule has 2 heterocycles. The van der Waals surface area contributed by atoms with E-state index in [-0.39, 0.29) is 23.0 Å². The van der Waals surface area contributed by atoms with Gasteiger partial charge in [-0.15, -0.1) is 0 Å². The number of benzene rings is 2. The minimum Gasteiger partial charge on any atom is -0.304 e. The maximum absolute atomic E-state index is 13.8. The van der Waals surface area contributed by atoms with Crippen molar-refractivity contribution < 1.29 is 9.18 Å². The van der Waals surface area contributed by atoms with E-state index in [1.54, 1.807) is 16.9 Å². The van der Waals surface area contributed by atoms with Gasteiger partial charge in [-0.25, -0.2) is 9.07 Å². The monoisotopic (exact) mass is 529 g/mol. The van der Waals surface area contributed by atoms with Gasteiger partial charge in [0, 0.05) is 17.8 Å². The third-order valence-electron chi connectivity index (χ3n) is 8.70. The number of nitrogens with one attached hydrogen (secondary N) is 1. The third kappa shape index (κ3) is 4.23. The highest BCUT2D eigenvalue weighted by atomic mass is 35.5. The number of hydrogen-bond donors (Lipinski definition) is 1. The van der Waals surface area contributed by atoms with Crippen molar-refractivity contribution in [3.05, 3.63) is 94.7 Å². The first kappa shape index (κ1) is 23.7. The Hall–Kier alpha value is -3.45. The molecule has 0 spiro atoms. The van der Waals surface area contributed by atoms with E-state index in [0.717, 1.165) is 54.0 Å². The SMILES string of the molecule is O=C(Nc1nn(Cc2cccc(F)c2)cc1Cl)c1cn(-c2ccccc2)nc1C12CC3CC(CC(C3)C1)C2. The Bertz CT molecular complexity index is 1470. The minimum absolute atomic E-state index is 0.0536. The predicted octanol–water partition coefficient (Wildman–Crippen LogP) is 6.63. The molecule has 4 saturated carbocycles. The number of anilines is 1. The quantitative estimate of drug-likeness (QED) is 0.305. The summed E-state index contributed by atoms with van der Waals surface area (Å²) in [7, 11) is 0. The van der Waals surface area contributed by atoms with Crippen LogP contribution in [0.2, 0.25) is 5.02 Å². The van der Waals surface area contributed by atoms with E-state index in [4.69, 9.17) is 16.7 Å². The molecule has 1 N–H and O–H groups in total. The van der Waals surface area contributed by atoms with Gasteiger partial charge >= 0.3 is 0 Å². The summed E-state index contributed by atoms with van der Waals surface area (Å²) >= 11 is 6.48. The highest BCUT2D eigenvalue weighted by Gasteiger charge is 2.54. The van der Waals surface area contributed by atoms with Crippen molar-refractivity contribution in [1.29, 1.82) is 0 Å². The molecule has 6 nitrogen and oxygen atoms in total. The van der Waals surface area contributed by atoms with Gasteiger partial charge in [-0.2, -0.15) is 10.2 Å². The topological polar surface area (TPSA) is 64.7 Å². The van der Waals surface area contributed by atoms with Gasteiger partial charge < -0.3 is 5.32 Å². The molecular formula is C30H29ClFN5O. The van der Waals surface area contributed by atoms with Gasteiger partial charge in [-0.05, 0) is 86.1 Å². The van der Waals surface area contributed by atoms with Gasteiger partial charge in [0.05, 0.1) is 23.5 Å². The first-order chi connectivity index (χ1) is 18.4. The number of rotatable bonds is 6. The molecule has 0 saturated heterocycles. The number of nitrogens with zero attached hydrogens (tertiary/aromatic N) is 4. The summed E-state index contributed by atoms with van der Waals surface area (Å²) in [5, 5.41) is 12.9. The molecule has 2 aromatic heterocycles. The lowest BCUT2D eigenvalue weighted by Crippen LogP contribution is -2.49. The number of carbonyl (C=O) groups is 1. The maximum atomic E-state index is 13.8. The summed E-state index contributed by atoms with van der Waals surface area (Å²) in [5.74, 6) is 1.92. The van der Waals surface area contributed by atoms with Gasteiger partial charge in [-0.3, -0.25) is 9.48 Å². The Kier molecular flexibility index (Phi) is 5.65. The van der Waals surface area contributed by atoms with Crippen LogP contribution in [-0.2, 0) is 12.0 Å². The van der Waals surface area contributed by atoms with Crippen molar-refractivity contribution in [3.8, 4) is 5.69 Å². The van der Waals surface area contributed by atoms with Crippen LogP contribution in [0.25, 0.3) is 5.69 Å². The lowest BCUT2D eigenvalue weighted by atomic mass is 9.48. The zero-order chi connectivity index (χ0) is 25.9. The van der Waals surface area contributed by atoms with Gasteiger partial charge in [0.15, 0.2) is 5.82 Å². The summed E-state index contributed by atoms with van der Waals surface area (Å²) in [6, 6.07) is 16.3. The normalized spacial score (nSPS) is 25.6. The van der Waals surface area contributed by atoms with Crippen molar-refractivity contribution in [2.24, 2.45) is 17.8 Å². The Morgan fingerprint density at radius 2 is 1.68 bits per heavy atom. The van der Waals surface area contributed by atoms with Gasteiger partial charge in [0.1, 0.15) is 10.8 Å². The first-order valence-corrected chi connectivity index (χ1v) is 13.8. The smallest absolute Gasteiger partial charge is 0.260 e. The van der Waals surface area contributed by atoms with Crippen molar-refractivity contribution in [2.75, 3.05) is 5.32 Å². The lowest BCUT2D eigenvalue weighted by molar-refractivity contribution is -0.00765. The Balaban J connectivity index is 1.22. The number of halogens is 2. The number of hydrogen-bond acceptors (Lipinski definition) is 3. The second kappa shape index (κ2) is 9.09. The summed E-state index contributed by atoms with van der Waals surface area (Å²) in [5.41, 5.74) is 3.13. The molecule has 0 unspecified atom stereocenters. The van der Waals surface area contributed by atoms with Crippen molar-refractivity contribution >= 4 is 23.3 Å². The third-order valence-corrected chi connectivity index (χ3v) is 8.98. The van der Waals surface area contributed by atoms with E-state index in [2.05, 4.69) is 10.4 Å². The molecule has 8 heteroatoms. The van der Waals surface area contributed by atoms with Crippen LogP contribution in [0.1, 0.15) is 60.1 Å². The summed E-state index contributed by atoms with van der Waals surface area (Å²) in [4.78, 5) is 13.8. The minimum atomic E-state index is -0.304. The molecule has 1 amide bonds. The molecule has 38 heavy (non-hydrogen) atoms. The molecule has 0 atom stereocenters. The molecule has 2 aromatic carbocycles. The molecule has 4 aliphatic rings. The average Bonchev–Trinajstić information content (AvgIpc) is 3.48. The molecule has 4 aliphatic carbocycles. The molecule has 4 aromatic rings. The summed E-state index contributed by atoms with van der Waals surface area (Å²) in [6.45, 7) is 0.345. The second-order valence-electron chi connectivity index (χ2n) is 11.5. The highest BCUT2D eigenvalue weighted by Crippen LogP contribution is 2.61. The molecule has 0 aliphatic heterocycles. The van der Waals surface area contributed by atoms with Gasteiger partial charge in [0.25, 0.3) is 5.91 Å². The van der Waals surface area contributed by atoms with E-state index in [0.29, 0.717) is 17.1 Å². The van der Waals surface area contributed by atoms with Crippen molar-refractivity contribution in [2.45, 2.75) is 50.5 Å². The molecule has 4 fully saturated rings. The zero-order valence-corrected chi connectivity index (χ0v) is 21.7. The van der Waals surface area contributed by atoms with Crippen LogP contribution in [0.3, 0.4) is 0 Å². The Labute approximate surface area is 225 Å². The lowest BCUT2D eigenvalue weighted by Gasteiger charge is -2.56. The number of amides is 1. The average molecular weight is 530 g/mol. The van der Waals surface area contributed by atoms with E-state index >= 15 is 0 Å². The second-order valence-corrected chi connectivity index (χ2v) is 11.9. The standard InChI is InChI=1S/C30H29ClFN5O/c31-26-18-36(16-19-5-4-6-23(32)12-19)35-28(26)33-29(38)25-17-37(24-7-2-1-3-8-24)34-27(25)30-13-20-9-21(14-30)11-22(10-20)15-30/h1-8,12,17-18,20-22H,9-11,13-16H2,(H,33,35,38). The Morgan fingerprint density at radius 3 is 2.37 bits per heavy atom. The van der Waals surface area contributed by atoms with E-state index in [9.17, 15) is 9.18 Å². The number of carbonyl (C=O) groups excluding carboxylic acids is 1. The predicted molar refractivity (Wildman–Crippen MR) is 144 cm³/mol.